The Balaban J connectivity index is 4.81. The van der Waals surface area contributed by atoms with E-state index in [2.05, 4.69) is 47.7 Å². The molecule has 0 aliphatic carbocycles. The van der Waals surface area contributed by atoms with Crippen molar-refractivity contribution in [3.63, 3.8) is 0 Å². The Morgan fingerprint density at radius 2 is 1.21 bits per heavy atom. The highest BCUT2D eigenvalue weighted by molar-refractivity contribution is 6.74. The van der Waals surface area contributed by atoms with E-state index < -0.39 is 32.4 Å². The van der Waals surface area contributed by atoms with Crippen LogP contribution >= 0.6 is 0 Å². The predicted molar refractivity (Wildman–Crippen MR) is 144 cm³/mol. The number of aliphatic hydroxyl groups is 1. The van der Waals surface area contributed by atoms with E-state index in [4.69, 9.17) is 4.43 Å². The Hall–Kier alpha value is -0.393. The number of rotatable bonds is 21. The van der Waals surface area contributed by atoms with Crippen molar-refractivity contribution >= 4 is 14.3 Å². The largest absolute Gasteiger partial charge is 0.481 e. The standard InChI is InChI=1S/C28H58O4Si/c1-8-10-12-14-15-16-17-18-19-21-24(29)23-26(32-33(6,7)28(3,4)5)25(27(30)31)22-20-13-11-9-2/h24-26,29H,8-23H2,1-7H3,(H,30,31)/t24-,25+,26+/m1/s1. The third-order valence-electron chi connectivity index (χ3n) is 7.53. The number of aliphatic hydroxyl groups excluding tert-OH is 1. The van der Waals surface area contributed by atoms with Gasteiger partial charge in [-0.25, -0.2) is 0 Å². The van der Waals surface area contributed by atoms with Gasteiger partial charge in [-0.2, -0.15) is 0 Å². The number of hydrogen-bond acceptors (Lipinski definition) is 3. The average molecular weight is 487 g/mol. The second-order valence-electron chi connectivity index (χ2n) is 11.7. The molecule has 198 valence electrons. The van der Waals surface area contributed by atoms with Gasteiger partial charge in [0.05, 0.1) is 18.1 Å². The second kappa shape index (κ2) is 18.0. The first-order chi connectivity index (χ1) is 15.5. The molecule has 2 N–H and O–H groups in total. The number of aliphatic carboxylic acids is 1. The average Bonchev–Trinajstić information content (AvgIpc) is 2.71. The molecule has 33 heavy (non-hydrogen) atoms. The van der Waals surface area contributed by atoms with Gasteiger partial charge in [-0.05, 0) is 37.4 Å². The molecule has 4 nitrogen and oxygen atoms in total. The van der Waals surface area contributed by atoms with Crippen LogP contribution in [0.2, 0.25) is 18.1 Å². The SMILES string of the molecule is CCCCCCCCCCC[C@@H](O)C[C@H](O[Si](C)(C)C(C)(C)C)[C@H](CCCCCC)C(=O)O. The van der Waals surface area contributed by atoms with Gasteiger partial charge in [0.15, 0.2) is 8.32 Å². The summed E-state index contributed by atoms with van der Waals surface area (Å²) in [7, 11) is -2.14. The highest BCUT2D eigenvalue weighted by Gasteiger charge is 2.42. The van der Waals surface area contributed by atoms with Gasteiger partial charge >= 0.3 is 5.97 Å². The van der Waals surface area contributed by atoms with Gasteiger partial charge in [0.2, 0.25) is 0 Å². The zero-order valence-electron chi connectivity index (χ0n) is 23.3. The molecule has 3 atom stereocenters. The topological polar surface area (TPSA) is 66.8 Å². The number of unbranched alkanes of at least 4 members (excludes halogenated alkanes) is 11. The van der Waals surface area contributed by atoms with Crippen molar-refractivity contribution in [1.82, 2.24) is 0 Å². The Morgan fingerprint density at radius 1 is 0.788 bits per heavy atom. The molecular weight excluding hydrogens is 428 g/mol. The van der Waals surface area contributed by atoms with Gasteiger partial charge in [0, 0.05) is 0 Å². The highest BCUT2D eigenvalue weighted by Crippen LogP contribution is 2.39. The molecule has 0 fully saturated rings. The summed E-state index contributed by atoms with van der Waals surface area (Å²) in [6.07, 6.45) is 16.5. The van der Waals surface area contributed by atoms with Gasteiger partial charge in [-0.15, -0.1) is 0 Å². The molecule has 0 aliphatic rings. The third-order valence-corrected chi connectivity index (χ3v) is 12.0. The Labute approximate surface area is 207 Å². The van der Waals surface area contributed by atoms with E-state index in [1.54, 1.807) is 0 Å². The molecule has 0 aliphatic heterocycles. The molecule has 0 rings (SSSR count). The Kier molecular flexibility index (Phi) is 17.7. The molecule has 0 unspecified atom stereocenters. The van der Waals surface area contributed by atoms with Gasteiger partial charge < -0.3 is 14.6 Å². The van der Waals surface area contributed by atoms with E-state index in [1.807, 2.05) is 0 Å². The summed E-state index contributed by atoms with van der Waals surface area (Å²) in [5.74, 6) is -1.31. The van der Waals surface area contributed by atoms with Crippen LogP contribution in [0, 0.1) is 5.92 Å². The maximum atomic E-state index is 12.2. The fraction of sp³-hybridized carbons (Fsp3) is 0.964. The summed E-state index contributed by atoms with van der Waals surface area (Å²) in [5, 5.41) is 20.8. The van der Waals surface area contributed by atoms with E-state index in [1.165, 1.54) is 44.9 Å². The molecule has 0 heterocycles. The molecule has 0 saturated carbocycles. The maximum absolute atomic E-state index is 12.2. The lowest BCUT2D eigenvalue weighted by Gasteiger charge is -2.41. The van der Waals surface area contributed by atoms with Gasteiger partial charge in [-0.1, -0.05) is 118 Å². The van der Waals surface area contributed by atoms with Gasteiger partial charge in [-0.3, -0.25) is 4.79 Å². The summed E-state index contributed by atoms with van der Waals surface area (Å²) in [5.41, 5.74) is 0. The van der Waals surface area contributed by atoms with Crippen molar-refractivity contribution in [2.45, 2.75) is 168 Å². The van der Waals surface area contributed by atoms with Crippen LogP contribution in [0.25, 0.3) is 0 Å². The molecule has 5 heteroatoms. The van der Waals surface area contributed by atoms with Crippen molar-refractivity contribution < 1.29 is 19.4 Å². The van der Waals surface area contributed by atoms with Crippen molar-refractivity contribution in [2.75, 3.05) is 0 Å². The molecule has 0 amide bonds. The van der Waals surface area contributed by atoms with Crippen LogP contribution in [0.3, 0.4) is 0 Å². The minimum atomic E-state index is -2.14. The van der Waals surface area contributed by atoms with Crippen LogP contribution in [0.1, 0.15) is 137 Å². The molecule has 0 radical (unpaired) electrons. The molecule has 0 aromatic rings. The second-order valence-corrected chi connectivity index (χ2v) is 16.5. The van der Waals surface area contributed by atoms with Crippen LogP contribution in [0.5, 0.6) is 0 Å². The predicted octanol–water partition coefficient (Wildman–Crippen LogP) is 8.72. The van der Waals surface area contributed by atoms with E-state index in [9.17, 15) is 15.0 Å². The number of carboxylic acids is 1. The lowest BCUT2D eigenvalue weighted by molar-refractivity contribution is -0.146. The molecular formula is C28H58O4Si. The number of hydrogen-bond donors (Lipinski definition) is 2. The monoisotopic (exact) mass is 486 g/mol. The smallest absolute Gasteiger partial charge is 0.309 e. The van der Waals surface area contributed by atoms with Crippen LogP contribution < -0.4 is 0 Å². The summed E-state index contributed by atoms with van der Waals surface area (Å²) < 4.78 is 6.64. The summed E-state index contributed by atoms with van der Waals surface area (Å²) >= 11 is 0. The zero-order chi connectivity index (χ0) is 25.3. The Morgan fingerprint density at radius 3 is 1.67 bits per heavy atom. The summed E-state index contributed by atoms with van der Waals surface area (Å²) in [6.45, 7) is 15.3. The first kappa shape index (κ1) is 32.6. The third kappa shape index (κ3) is 15.3. The minimum Gasteiger partial charge on any atom is -0.481 e. The lowest BCUT2D eigenvalue weighted by Crippen LogP contribution is -2.48. The van der Waals surface area contributed by atoms with Crippen LogP contribution in [0.4, 0.5) is 0 Å². The first-order valence-corrected chi connectivity index (χ1v) is 17.0. The summed E-state index contributed by atoms with van der Waals surface area (Å²) in [4.78, 5) is 12.2. The van der Waals surface area contributed by atoms with Gasteiger partial charge in [0.1, 0.15) is 0 Å². The van der Waals surface area contributed by atoms with Crippen LogP contribution in [-0.4, -0.2) is 36.7 Å². The quantitative estimate of drug-likeness (QED) is 0.126. The maximum Gasteiger partial charge on any atom is 0.309 e. The molecule has 0 aromatic carbocycles. The van der Waals surface area contributed by atoms with Crippen molar-refractivity contribution in [2.24, 2.45) is 5.92 Å². The van der Waals surface area contributed by atoms with Crippen LogP contribution in [-0.2, 0) is 9.22 Å². The van der Waals surface area contributed by atoms with E-state index in [-0.39, 0.29) is 5.04 Å². The van der Waals surface area contributed by atoms with Crippen molar-refractivity contribution in [1.29, 1.82) is 0 Å². The first-order valence-electron chi connectivity index (χ1n) is 14.0. The van der Waals surface area contributed by atoms with Gasteiger partial charge in [0.25, 0.3) is 0 Å². The molecule has 0 bridgehead atoms. The Bertz CT molecular complexity index is 487. The zero-order valence-corrected chi connectivity index (χ0v) is 24.3. The fourth-order valence-corrected chi connectivity index (χ4v) is 5.56. The highest BCUT2D eigenvalue weighted by atomic mass is 28.4. The normalized spacial score (nSPS) is 15.4. The molecule has 0 spiro atoms. The van der Waals surface area contributed by atoms with Crippen molar-refractivity contribution in [3.05, 3.63) is 0 Å². The van der Waals surface area contributed by atoms with E-state index in [0.29, 0.717) is 12.8 Å². The summed E-state index contributed by atoms with van der Waals surface area (Å²) in [6, 6.07) is 0. The molecule has 0 aromatic heterocycles. The van der Waals surface area contributed by atoms with E-state index in [0.717, 1.165) is 44.9 Å². The number of carboxylic acid groups (broad SMARTS) is 1. The lowest BCUT2D eigenvalue weighted by atomic mass is 9.90. The molecule has 0 saturated heterocycles. The van der Waals surface area contributed by atoms with Crippen molar-refractivity contribution in [3.8, 4) is 0 Å². The number of carbonyl (C=O) groups is 1. The van der Waals surface area contributed by atoms with Crippen LogP contribution in [0.15, 0.2) is 0 Å². The fourth-order valence-electron chi connectivity index (χ4n) is 4.19. The van der Waals surface area contributed by atoms with E-state index >= 15 is 0 Å². The minimum absolute atomic E-state index is 0.0125.